The van der Waals surface area contributed by atoms with Crippen LogP contribution < -0.4 is 0 Å². The maximum atomic E-state index is 10.7. The Balaban J connectivity index is 3.18. The van der Waals surface area contributed by atoms with Crippen LogP contribution in [0.1, 0.15) is 0 Å². The molecule has 9 heteroatoms. The Morgan fingerprint density at radius 2 is 1.13 bits per heavy atom. The first kappa shape index (κ1) is 12.7. The maximum absolute atomic E-state index is 10.7. The van der Waals surface area contributed by atoms with Crippen molar-refractivity contribution in [1.29, 1.82) is 0 Å². The number of aliphatic hydroxyl groups excluding tert-OH is 5. The van der Waals surface area contributed by atoms with Crippen LogP contribution in [0, 0.1) is 0 Å². The lowest BCUT2D eigenvalue weighted by molar-refractivity contribution is -0.238. The van der Waals surface area contributed by atoms with Gasteiger partial charge < -0.3 is 30.6 Å². The first-order valence-electron chi connectivity index (χ1n) is 4.01. The zero-order valence-corrected chi connectivity index (χ0v) is 8.23. The number of hydrogen-bond acceptors (Lipinski definition) is 8. The van der Waals surface area contributed by atoms with Gasteiger partial charge in [0.1, 0.15) is 30.5 Å². The smallest absolute Gasteiger partial charge is 0.353 e. The normalized spacial score (nSPS) is 51.5. The molecule has 0 aromatic rings. The average Bonchev–Trinajstić information content (AvgIpc) is 2.20. The fourth-order valence-electron chi connectivity index (χ4n) is 1.47. The number of rotatable bonds is 1. The van der Waals surface area contributed by atoms with Gasteiger partial charge in [-0.15, -0.1) is 0 Å². The Bertz CT molecular complexity index is 290. The molecule has 0 amide bonds. The SMILES string of the molecule is O=P(=O)C1(O)[C@H](O)[C@H](O)C(O)[C@H](O)[C@H]1O. The van der Waals surface area contributed by atoms with Gasteiger partial charge in [-0.2, -0.15) is 0 Å². The van der Waals surface area contributed by atoms with Crippen molar-refractivity contribution in [2.45, 2.75) is 35.9 Å². The van der Waals surface area contributed by atoms with E-state index in [1.54, 1.807) is 0 Å². The van der Waals surface area contributed by atoms with Gasteiger partial charge >= 0.3 is 7.68 Å². The molecule has 0 saturated heterocycles. The van der Waals surface area contributed by atoms with Gasteiger partial charge in [0, 0.05) is 0 Å². The molecule has 6 atom stereocenters. The van der Waals surface area contributed by atoms with Gasteiger partial charge in [-0.05, 0) is 0 Å². The minimum absolute atomic E-state index is 1.94. The summed E-state index contributed by atoms with van der Waals surface area (Å²) in [6.45, 7) is 0. The largest absolute Gasteiger partial charge is 0.387 e. The van der Waals surface area contributed by atoms with Gasteiger partial charge in [0.2, 0.25) is 5.34 Å². The lowest BCUT2D eigenvalue weighted by atomic mass is 9.84. The van der Waals surface area contributed by atoms with Crippen LogP contribution in [-0.4, -0.2) is 66.5 Å². The lowest BCUT2D eigenvalue weighted by Gasteiger charge is -2.43. The molecule has 8 nitrogen and oxygen atoms in total. The molecule has 1 saturated carbocycles. The summed E-state index contributed by atoms with van der Waals surface area (Å²) >= 11 is 0. The average molecular weight is 242 g/mol. The number of hydrogen-bond donors (Lipinski definition) is 6. The highest BCUT2D eigenvalue weighted by molar-refractivity contribution is 7.32. The minimum Gasteiger partial charge on any atom is -0.387 e. The summed E-state index contributed by atoms with van der Waals surface area (Å²) in [7, 11) is -3.73. The molecule has 0 aliphatic heterocycles. The Morgan fingerprint density at radius 1 is 0.800 bits per heavy atom. The molecule has 15 heavy (non-hydrogen) atoms. The molecule has 6 N–H and O–H groups in total. The van der Waals surface area contributed by atoms with E-state index in [0.717, 1.165) is 0 Å². The summed E-state index contributed by atoms with van der Waals surface area (Å²) in [4.78, 5) is 0. The van der Waals surface area contributed by atoms with Crippen LogP contribution in [0.25, 0.3) is 0 Å². The third-order valence-corrected chi connectivity index (χ3v) is 3.62. The molecule has 2 unspecified atom stereocenters. The third-order valence-electron chi connectivity index (χ3n) is 2.51. The molecule has 0 radical (unpaired) electrons. The molecule has 1 rings (SSSR count). The summed E-state index contributed by atoms with van der Waals surface area (Å²) in [6.07, 6.45) is -10.7. The van der Waals surface area contributed by atoms with Crippen molar-refractivity contribution >= 4 is 7.68 Å². The first-order valence-corrected chi connectivity index (χ1v) is 5.19. The predicted molar refractivity (Wildman–Crippen MR) is 43.3 cm³/mol. The monoisotopic (exact) mass is 242 g/mol. The maximum Gasteiger partial charge on any atom is 0.353 e. The zero-order chi connectivity index (χ0) is 12.0. The molecule has 1 aliphatic carbocycles. The van der Waals surface area contributed by atoms with E-state index >= 15 is 0 Å². The van der Waals surface area contributed by atoms with E-state index in [2.05, 4.69) is 0 Å². The predicted octanol–water partition coefficient (Wildman–Crippen LogP) is -3.33. The van der Waals surface area contributed by atoms with Crippen molar-refractivity contribution in [1.82, 2.24) is 0 Å². The van der Waals surface area contributed by atoms with E-state index in [-0.39, 0.29) is 0 Å². The topological polar surface area (TPSA) is 156 Å². The third kappa shape index (κ3) is 1.64. The molecular formula is C6H11O8P. The molecule has 0 aromatic carbocycles. The highest BCUT2D eigenvalue weighted by Crippen LogP contribution is 2.40. The molecule has 1 aliphatic rings. The second-order valence-corrected chi connectivity index (χ2v) is 4.63. The Kier molecular flexibility index (Phi) is 3.32. The van der Waals surface area contributed by atoms with Crippen LogP contribution in [0.3, 0.4) is 0 Å². The van der Waals surface area contributed by atoms with E-state index in [1.165, 1.54) is 0 Å². The van der Waals surface area contributed by atoms with Gasteiger partial charge in [0.15, 0.2) is 0 Å². The van der Waals surface area contributed by atoms with Crippen molar-refractivity contribution in [3.63, 3.8) is 0 Å². The highest BCUT2D eigenvalue weighted by atomic mass is 31.1. The molecule has 0 bridgehead atoms. The zero-order valence-electron chi connectivity index (χ0n) is 7.33. The van der Waals surface area contributed by atoms with E-state index in [4.69, 9.17) is 15.3 Å². The molecule has 88 valence electrons. The van der Waals surface area contributed by atoms with Gasteiger partial charge in [-0.3, -0.25) is 0 Å². The van der Waals surface area contributed by atoms with Crippen LogP contribution in [0.4, 0.5) is 0 Å². The summed E-state index contributed by atoms with van der Waals surface area (Å²) < 4.78 is 21.3. The second-order valence-electron chi connectivity index (χ2n) is 3.40. The Morgan fingerprint density at radius 3 is 1.40 bits per heavy atom. The van der Waals surface area contributed by atoms with Crippen molar-refractivity contribution in [3.8, 4) is 0 Å². The van der Waals surface area contributed by atoms with E-state index in [9.17, 15) is 24.4 Å². The van der Waals surface area contributed by atoms with Crippen LogP contribution in [-0.2, 0) is 9.13 Å². The first-order chi connectivity index (χ1) is 6.74. The molecule has 0 heterocycles. The van der Waals surface area contributed by atoms with E-state index in [0.29, 0.717) is 0 Å². The molecule has 0 aromatic heterocycles. The van der Waals surface area contributed by atoms with E-state index < -0.39 is 43.5 Å². The highest BCUT2D eigenvalue weighted by Gasteiger charge is 2.61. The standard InChI is InChI=1S/C6H11O8P/c7-1-2(8)4(10)6(12,15(13)14)5(11)3(1)9/h1-5,7-12H/t1?,2-,3+,4-,5-,6?/m1/s1. The second kappa shape index (κ2) is 3.91. The Labute approximate surface area is 84.2 Å². The van der Waals surface area contributed by atoms with E-state index in [1.807, 2.05) is 0 Å². The summed E-state index contributed by atoms with van der Waals surface area (Å²) in [5.41, 5.74) is 0. The summed E-state index contributed by atoms with van der Waals surface area (Å²) in [5, 5.41) is 52.1. The summed E-state index contributed by atoms with van der Waals surface area (Å²) in [6, 6.07) is 0. The fourth-order valence-corrected chi connectivity index (χ4v) is 2.21. The quantitative estimate of drug-likeness (QED) is 0.261. The van der Waals surface area contributed by atoms with Crippen molar-refractivity contribution in [3.05, 3.63) is 0 Å². The fraction of sp³-hybridized carbons (Fsp3) is 1.00. The lowest BCUT2D eigenvalue weighted by Crippen LogP contribution is -2.68. The van der Waals surface area contributed by atoms with Crippen LogP contribution >= 0.6 is 7.68 Å². The molecular weight excluding hydrogens is 231 g/mol. The number of aliphatic hydroxyl groups is 6. The van der Waals surface area contributed by atoms with Crippen LogP contribution in [0.2, 0.25) is 0 Å². The van der Waals surface area contributed by atoms with Gasteiger partial charge in [0.05, 0.1) is 0 Å². The Hall–Kier alpha value is -0.340. The van der Waals surface area contributed by atoms with Gasteiger partial charge in [-0.25, -0.2) is 9.13 Å². The molecule has 0 spiro atoms. The van der Waals surface area contributed by atoms with Crippen molar-refractivity contribution in [2.24, 2.45) is 0 Å². The van der Waals surface area contributed by atoms with Crippen LogP contribution in [0.15, 0.2) is 0 Å². The van der Waals surface area contributed by atoms with Crippen molar-refractivity contribution < 1.29 is 39.8 Å². The molecule has 1 fully saturated rings. The minimum atomic E-state index is -3.73. The summed E-state index contributed by atoms with van der Waals surface area (Å²) in [5.74, 6) is 0. The van der Waals surface area contributed by atoms with Crippen LogP contribution in [0.5, 0.6) is 0 Å². The van der Waals surface area contributed by atoms with Crippen molar-refractivity contribution in [2.75, 3.05) is 0 Å². The van der Waals surface area contributed by atoms with Gasteiger partial charge in [0.25, 0.3) is 0 Å². The van der Waals surface area contributed by atoms with Gasteiger partial charge in [-0.1, -0.05) is 0 Å².